The van der Waals surface area contributed by atoms with Crippen molar-refractivity contribution in [2.24, 2.45) is 5.73 Å². The smallest absolute Gasteiger partial charge is 0.0629 e. The Labute approximate surface area is 111 Å². The summed E-state index contributed by atoms with van der Waals surface area (Å²) in [6.07, 6.45) is 9.02. The van der Waals surface area contributed by atoms with Gasteiger partial charge in [-0.15, -0.1) is 0 Å². The second kappa shape index (κ2) is 5.87. The highest BCUT2D eigenvalue weighted by Gasteiger charge is 2.20. The summed E-state index contributed by atoms with van der Waals surface area (Å²) in [4.78, 5) is 0. The lowest BCUT2D eigenvalue weighted by atomic mass is 10.0. The first-order chi connectivity index (χ1) is 8.59. The van der Waals surface area contributed by atoms with Crippen molar-refractivity contribution in [3.05, 3.63) is 17.0 Å². The summed E-state index contributed by atoms with van der Waals surface area (Å²) in [5.74, 6) is 0. The maximum atomic E-state index is 5.94. The Balaban J connectivity index is 2.22. The van der Waals surface area contributed by atoms with Gasteiger partial charge in [0, 0.05) is 11.7 Å². The Bertz CT molecular complexity index is 385. The summed E-state index contributed by atoms with van der Waals surface area (Å²) in [6, 6.07) is 0.835. The number of rotatable bonds is 3. The monoisotopic (exact) mass is 249 g/mol. The van der Waals surface area contributed by atoms with Crippen LogP contribution < -0.4 is 5.73 Å². The second-order valence-corrected chi connectivity index (χ2v) is 5.92. The Morgan fingerprint density at radius 2 is 1.83 bits per heavy atom. The van der Waals surface area contributed by atoms with Gasteiger partial charge in [-0.2, -0.15) is 5.10 Å². The fraction of sp³-hybridized carbons (Fsp3) is 0.800. The van der Waals surface area contributed by atoms with Crippen molar-refractivity contribution >= 4 is 0 Å². The number of nitrogens with two attached hydrogens (primary N) is 1. The molecule has 1 saturated carbocycles. The maximum Gasteiger partial charge on any atom is 0.0629 e. The normalized spacial score (nSPS) is 19.8. The molecule has 1 aromatic rings. The van der Waals surface area contributed by atoms with Crippen LogP contribution in [0.3, 0.4) is 0 Å². The van der Waals surface area contributed by atoms with Crippen molar-refractivity contribution in [2.75, 3.05) is 0 Å². The molecule has 2 N–H and O–H groups in total. The summed E-state index contributed by atoms with van der Waals surface area (Å²) >= 11 is 0. The molecule has 1 aliphatic rings. The van der Waals surface area contributed by atoms with Gasteiger partial charge in [-0.25, -0.2) is 0 Å². The number of hydrogen-bond donors (Lipinski definition) is 1. The topological polar surface area (TPSA) is 43.8 Å². The lowest BCUT2D eigenvalue weighted by Gasteiger charge is -2.17. The van der Waals surface area contributed by atoms with Crippen molar-refractivity contribution in [3.63, 3.8) is 0 Å². The molecule has 0 radical (unpaired) electrons. The highest BCUT2D eigenvalue weighted by Crippen LogP contribution is 2.29. The molecule has 1 fully saturated rings. The lowest BCUT2D eigenvalue weighted by molar-refractivity contribution is 0.396. The number of aromatic nitrogens is 2. The van der Waals surface area contributed by atoms with E-state index in [4.69, 9.17) is 10.8 Å². The fourth-order valence-electron chi connectivity index (χ4n) is 3.17. The molecule has 1 atom stereocenters. The average Bonchev–Trinajstić information content (AvgIpc) is 2.56. The van der Waals surface area contributed by atoms with E-state index in [0.29, 0.717) is 6.04 Å². The first kappa shape index (κ1) is 13.6. The molecule has 3 heteroatoms. The lowest BCUT2D eigenvalue weighted by Crippen LogP contribution is -2.19. The van der Waals surface area contributed by atoms with Crippen LogP contribution in [0.5, 0.6) is 0 Å². The zero-order valence-corrected chi connectivity index (χ0v) is 12.1. The van der Waals surface area contributed by atoms with Crippen LogP contribution in [0.1, 0.15) is 68.4 Å². The fourth-order valence-corrected chi connectivity index (χ4v) is 3.17. The highest BCUT2D eigenvalue weighted by molar-refractivity contribution is 5.26. The van der Waals surface area contributed by atoms with Crippen LogP contribution in [0.25, 0.3) is 0 Å². The molecule has 1 aromatic heterocycles. The van der Waals surface area contributed by atoms with E-state index in [1.165, 1.54) is 55.5 Å². The van der Waals surface area contributed by atoms with E-state index < -0.39 is 0 Å². The van der Waals surface area contributed by atoms with Crippen molar-refractivity contribution in [2.45, 2.75) is 77.8 Å². The van der Waals surface area contributed by atoms with Crippen LogP contribution in [-0.2, 0) is 6.42 Å². The molecule has 2 rings (SSSR count). The van der Waals surface area contributed by atoms with Crippen LogP contribution in [0.15, 0.2) is 0 Å². The van der Waals surface area contributed by atoms with Gasteiger partial charge in [-0.1, -0.05) is 25.7 Å². The summed E-state index contributed by atoms with van der Waals surface area (Å²) in [5.41, 5.74) is 9.83. The third-order valence-electron chi connectivity index (χ3n) is 4.17. The summed E-state index contributed by atoms with van der Waals surface area (Å²) < 4.78 is 2.29. The van der Waals surface area contributed by atoms with Gasteiger partial charge in [0.25, 0.3) is 0 Å². The van der Waals surface area contributed by atoms with Crippen molar-refractivity contribution < 1.29 is 0 Å². The maximum absolute atomic E-state index is 5.94. The molecule has 0 bridgehead atoms. The van der Waals surface area contributed by atoms with E-state index in [2.05, 4.69) is 25.5 Å². The predicted octanol–water partition coefficient (Wildman–Crippen LogP) is 3.28. The van der Waals surface area contributed by atoms with Gasteiger partial charge in [0.15, 0.2) is 0 Å². The molecule has 0 saturated heterocycles. The first-order valence-corrected chi connectivity index (χ1v) is 7.39. The number of hydrogen-bond acceptors (Lipinski definition) is 2. The minimum Gasteiger partial charge on any atom is -0.328 e. The molecule has 1 aliphatic carbocycles. The van der Waals surface area contributed by atoms with E-state index in [0.717, 1.165) is 6.42 Å². The first-order valence-electron chi connectivity index (χ1n) is 7.39. The highest BCUT2D eigenvalue weighted by atomic mass is 15.3. The van der Waals surface area contributed by atoms with Crippen molar-refractivity contribution in [1.82, 2.24) is 9.78 Å². The molecule has 0 amide bonds. The molecular weight excluding hydrogens is 222 g/mol. The zero-order chi connectivity index (χ0) is 13.1. The minimum absolute atomic E-state index is 0.217. The predicted molar refractivity (Wildman–Crippen MR) is 75.8 cm³/mol. The van der Waals surface area contributed by atoms with Gasteiger partial charge in [0.2, 0.25) is 0 Å². The van der Waals surface area contributed by atoms with Crippen molar-refractivity contribution in [3.8, 4) is 0 Å². The molecule has 0 aliphatic heterocycles. The Kier molecular flexibility index (Phi) is 4.44. The van der Waals surface area contributed by atoms with E-state index in [-0.39, 0.29) is 6.04 Å². The molecule has 3 nitrogen and oxygen atoms in total. The summed E-state index contributed by atoms with van der Waals surface area (Å²) in [5, 5.41) is 4.79. The van der Waals surface area contributed by atoms with Crippen LogP contribution in [0.4, 0.5) is 0 Å². The van der Waals surface area contributed by atoms with Crippen LogP contribution in [0, 0.1) is 13.8 Å². The Morgan fingerprint density at radius 3 is 2.39 bits per heavy atom. The molecule has 0 aromatic carbocycles. The van der Waals surface area contributed by atoms with E-state index in [1.54, 1.807) is 0 Å². The van der Waals surface area contributed by atoms with Gasteiger partial charge < -0.3 is 5.73 Å². The van der Waals surface area contributed by atoms with Crippen molar-refractivity contribution in [1.29, 1.82) is 0 Å². The van der Waals surface area contributed by atoms with E-state index in [9.17, 15) is 0 Å². The van der Waals surface area contributed by atoms with E-state index >= 15 is 0 Å². The molecule has 1 unspecified atom stereocenters. The van der Waals surface area contributed by atoms with Gasteiger partial charge in [-0.05, 0) is 45.6 Å². The third-order valence-corrected chi connectivity index (χ3v) is 4.17. The molecule has 102 valence electrons. The number of nitrogens with zero attached hydrogens (tertiary/aromatic N) is 2. The molecule has 1 heterocycles. The van der Waals surface area contributed by atoms with Crippen LogP contribution >= 0.6 is 0 Å². The summed E-state index contributed by atoms with van der Waals surface area (Å²) in [6.45, 7) is 6.41. The largest absolute Gasteiger partial charge is 0.328 e. The van der Waals surface area contributed by atoms with Gasteiger partial charge >= 0.3 is 0 Å². The second-order valence-electron chi connectivity index (χ2n) is 5.92. The molecular formula is C15H27N3. The summed E-state index contributed by atoms with van der Waals surface area (Å²) in [7, 11) is 0. The quantitative estimate of drug-likeness (QED) is 0.835. The van der Waals surface area contributed by atoms with E-state index in [1.807, 2.05) is 0 Å². The Morgan fingerprint density at radius 1 is 1.22 bits per heavy atom. The van der Waals surface area contributed by atoms with Gasteiger partial charge in [-0.3, -0.25) is 4.68 Å². The molecule has 0 spiro atoms. The standard InChI is InChI=1S/C15H27N3/c1-11(16)10-15-12(2)17-18(13(15)3)14-8-6-4-5-7-9-14/h11,14H,4-10,16H2,1-3H3. The third kappa shape index (κ3) is 2.94. The Hall–Kier alpha value is -0.830. The minimum atomic E-state index is 0.217. The van der Waals surface area contributed by atoms with Gasteiger partial charge in [0.05, 0.1) is 11.7 Å². The van der Waals surface area contributed by atoms with Crippen LogP contribution in [0.2, 0.25) is 0 Å². The zero-order valence-electron chi connectivity index (χ0n) is 12.1. The SMILES string of the molecule is Cc1nn(C2CCCCCC2)c(C)c1CC(C)N. The number of aryl methyl sites for hydroxylation is 1. The molecule has 18 heavy (non-hydrogen) atoms. The average molecular weight is 249 g/mol. The van der Waals surface area contributed by atoms with Crippen LogP contribution in [-0.4, -0.2) is 15.8 Å². The van der Waals surface area contributed by atoms with Gasteiger partial charge in [0.1, 0.15) is 0 Å².